The lowest BCUT2D eigenvalue weighted by Crippen LogP contribution is -1.99. The Morgan fingerprint density at radius 3 is 2.62 bits per heavy atom. The van der Waals surface area contributed by atoms with Crippen LogP contribution in [0.4, 0.5) is 4.79 Å². The molecule has 0 fully saturated rings. The van der Waals surface area contributed by atoms with Crippen molar-refractivity contribution in [3.05, 3.63) is 34.9 Å². The summed E-state index contributed by atoms with van der Waals surface area (Å²) in [5.74, 6) is 0. The van der Waals surface area contributed by atoms with Crippen molar-refractivity contribution in [2.45, 2.75) is 0 Å². The third-order valence-corrected chi connectivity index (χ3v) is 1.99. The van der Waals surface area contributed by atoms with Gasteiger partial charge in [0, 0.05) is 5.56 Å². The van der Waals surface area contributed by atoms with Gasteiger partial charge in [-0.05, 0) is 6.07 Å². The summed E-state index contributed by atoms with van der Waals surface area (Å²) < 4.78 is 0. The summed E-state index contributed by atoms with van der Waals surface area (Å²) in [4.78, 5) is 17.9. The van der Waals surface area contributed by atoms with Crippen molar-refractivity contribution in [2.24, 2.45) is 9.98 Å². The second-order valence-corrected chi connectivity index (χ2v) is 2.92. The summed E-state index contributed by atoms with van der Waals surface area (Å²) in [6.45, 7) is 0. The van der Waals surface area contributed by atoms with Gasteiger partial charge in [0.05, 0.1) is 16.9 Å². The Morgan fingerprint density at radius 2 is 2.00 bits per heavy atom. The van der Waals surface area contributed by atoms with Crippen LogP contribution in [-0.4, -0.2) is 18.0 Å². The number of carbonyl (C=O) groups excluding carboxylic acids is 1. The normalized spacial score (nSPS) is 14.8. The van der Waals surface area contributed by atoms with Gasteiger partial charge in [0.2, 0.25) is 0 Å². The molecule has 1 aromatic rings. The van der Waals surface area contributed by atoms with E-state index in [-0.39, 0.29) is 0 Å². The topological polar surface area (TPSA) is 41.8 Å². The third-order valence-electron chi connectivity index (χ3n) is 1.66. The van der Waals surface area contributed by atoms with Crippen molar-refractivity contribution in [1.29, 1.82) is 0 Å². The van der Waals surface area contributed by atoms with Gasteiger partial charge >= 0.3 is 6.03 Å². The zero-order valence-corrected chi connectivity index (χ0v) is 7.32. The summed E-state index contributed by atoms with van der Waals surface area (Å²) in [7, 11) is 0. The minimum absolute atomic E-state index is 0.477. The van der Waals surface area contributed by atoms with Crippen molar-refractivity contribution >= 4 is 29.6 Å². The Hall–Kier alpha value is -1.48. The van der Waals surface area contributed by atoms with E-state index in [1.54, 1.807) is 12.1 Å². The van der Waals surface area contributed by atoms with Gasteiger partial charge in [-0.3, -0.25) is 0 Å². The Morgan fingerprint density at radius 1 is 1.23 bits per heavy atom. The molecule has 4 heteroatoms. The lowest BCUT2D eigenvalue weighted by atomic mass is 10.1. The molecule has 0 aromatic heterocycles. The first-order valence-electron chi connectivity index (χ1n) is 3.69. The standard InChI is InChI=1S/C9H5ClN2O/c10-7-4-2-1-3-6(7)8-5-11-9(13)12-8/h1-5H. The highest BCUT2D eigenvalue weighted by molar-refractivity contribution is 6.47. The fourth-order valence-corrected chi connectivity index (χ4v) is 1.31. The Labute approximate surface area is 79.8 Å². The van der Waals surface area contributed by atoms with Crippen LogP contribution in [0.25, 0.3) is 0 Å². The number of benzene rings is 1. The van der Waals surface area contributed by atoms with Crippen LogP contribution in [0.2, 0.25) is 5.02 Å². The van der Waals surface area contributed by atoms with Crippen LogP contribution in [0.3, 0.4) is 0 Å². The molecule has 1 aromatic carbocycles. The summed E-state index contributed by atoms with van der Waals surface area (Å²) in [6, 6.07) is 6.72. The summed E-state index contributed by atoms with van der Waals surface area (Å²) in [5, 5.41) is 0.572. The zero-order chi connectivity index (χ0) is 9.26. The largest absolute Gasteiger partial charge is 0.367 e. The number of rotatable bonds is 1. The SMILES string of the molecule is O=C1N=CC(c2ccccc2Cl)=N1. The molecule has 0 spiro atoms. The maximum Gasteiger partial charge on any atom is 0.367 e. The summed E-state index contributed by atoms with van der Waals surface area (Å²) in [5.41, 5.74) is 1.26. The van der Waals surface area contributed by atoms with Crippen LogP contribution < -0.4 is 0 Å². The highest BCUT2D eigenvalue weighted by Crippen LogP contribution is 2.16. The molecule has 0 bridgehead atoms. The molecule has 1 aliphatic heterocycles. The van der Waals surface area contributed by atoms with Gasteiger partial charge in [-0.2, -0.15) is 9.98 Å². The van der Waals surface area contributed by atoms with Gasteiger partial charge < -0.3 is 0 Å². The number of hydrogen-bond donors (Lipinski definition) is 0. The molecule has 0 N–H and O–H groups in total. The second-order valence-electron chi connectivity index (χ2n) is 2.52. The van der Waals surface area contributed by atoms with E-state index < -0.39 is 6.03 Å². The lowest BCUT2D eigenvalue weighted by molar-refractivity contribution is 0.257. The van der Waals surface area contributed by atoms with E-state index in [9.17, 15) is 4.79 Å². The number of hydrogen-bond acceptors (Lipinski definition) is 1. The van der Waals surface area contributed by atoms with E-state index in [1.165, 1.54) is 6.21 Å². The van der Waals surface area contributed by atoms with Gasteiger partial charge in [0.15, 0.2) is 0 Å². The Bertz CT molecular complexity index is 423. The van der Waals surface area contributed by atoms with Crippen LogP contribution in [0.5, 0.6) is 0 Å². The molecule has 0 saturated carbocycles. The lowest BCUT2D eigenvalue weighted by Gasteiger charge is -1.98. The number of carbonyl (C=O) groups is 1. The molecule has 3 nitrogen and oxygen atoms in total. The van der Waals surface area contributed by atoms with Crippen molar-refractivity contribution in [3.8, 4) is 0 Å². The van der Waals surface area contributed by atoms with Crippen LogP contribution in [0, 0.1) is 0 Å². The molecule has 1 aliphatic rings. The van der Waals surface area contributed by atoms with Crippen LogP contribution >= 0.6 is 11.6 Å². The second kappa shape index (κ2) is 3.11. The first-order chi connectivity index (χ1) is 6.27. The average Bonchev–Trinajstić information content (AvgIpc) is 2.53. The monoisotopic (exact) mass is 192 g/mol. The van der Waals surface area contributed by atoms with Gasteiger partial charge in [-0.25, -0.2) is 4.79 Å². The molecule has 0 aliphatic carbocycles. The zero-order valence-electron chi connectivity index (χ0n) is 6.57. The molecule has 64 valence electrons. The summed E-state index contributed by atoms with van der Waals surface area (Å²) >= 11 is 5.90. The molecule has 2 rings (SSSR count). The highest BCUT2D eigenvalue weighted by Gasteiger charge is 2.12. The number of urea groups is 1. The van der Waals surface area contributed by atoms with Gasteiger partial charge in [0.1, 0.15) is 0 Å². The average molecular weight is 193 g/mol. The predicted octanol–water partition coefficient (Wildman–Crippen LogP) is 2.33. The van der Waals surface area contributed by atoms with Gasteiger partial charge in [-0.1, -0.05) is 29.8 Å². The molecule has 0 radical (unpaired) electrons. The number of halogens is 1. The van der Waals surface area contributed by atoms with E-state index >= 15 is 0 Å². The quantitative estimate of drug-likeness (QED) is 0.673. The van der Waals surface area contributed by atoms with Crippen molar-refractivity contribution < 1.29 is 4.79 Å². The molecule has 0 saturated heterocycles. The van der Waals surface area contributed by atoms with Crippen LogP contribution in [0.1, 0.15) is 5.56 Å². The van der Waals surface area contributed by atoms with Crippen molar-refractivity contribution in [2.75, 3.05) is 0 Å². The van der Waals surface area contributed by atoms with Crippen molar-refractivity contribution in [1.82, 2.24) is 0 Å². The molecule has 0 unspecified atom stereocenters. The number of amides is 2. The molecule has 1 heterocycles. The third kappa shape index (κ3) is 1.51. The van der Waals surface area contributed by atoms with Gasteiger partial charge in [0.25, 0.3) is 0 Å². The maximum atomic E-state index is 10.7. The van der Waals surface area contributed by atoms with E-state index in [0.717, 1.165) is 5.56 Å². The minimum Gasteiger partial charge on any atom is -0.244 e. The maximum absolute atomic E-state index is 10.7. The molecule has 2 amide bonds. The van der Waals surface area contributed by atoms with Gasteiger partial charge in [-0.15, -0.1) is 0 Å². The fourth-order valence-electron chi connectivity index (χ4n) is 1.08. The van der Waals surface area contributed by atoms with Crippen LogP contribution in [-0.2, 0) is 0 Å². The van der Waals surface area contributed by atoms with E-state index in [2.05, 4.69) is 9.98 Å². The van der Waals surface area contributed by atoms with E-state index in [1.807, 2.05) is 12.1 Å². The highest BCUT2D eigenvalue weighted by atomic mass is 35.5. The predicted molar refractivity (Wildman–Crippen MR) is 51.9 cm³/mol. The van der Waals surface area contributed by atoms with Crippen molar-refractivity contribution in [3.63, 3.8) is 0 Å². The molecular formula is C9H5ClN2O. The minimum atomic E-state index is -0.477. The number of aliphatic imine (C=N–C) groups is 2. The molecule has 0 atom stereocenters. The molecule has 13 heavy (non-hydrogen) atoms. The van der Waals surface area contributed by atoms with E-state index in [0.29, 0.717) is 10.7 Å². The first-order valence-corrected chi connectivity index (χ1v) is 4.07. The Balaban J connectivity index is 2.48. The smallest absolute Gasteiger partial charge is 0.244 e. The van der Waals surface area contributed by atoms with Crippen LogP contribution in [0.15, 0.2) is 34.3 Å². The fraction of sp³-hybridized carbons (Fsp3) is 0. The first kappa shape index (κ1) is 8.13. The van der Waals surface area contributed by atoms with E-state index in [4.69, 9.17) is 11.6 Å². The molecular weight excluding hydrogens is 188 g/mol. The number of nitrogens with zero attached hydrogens (tertiary/aromatic N) is 2. The Kier molecular flexibility index (Phi) is 1.94. The summed E-state index contributed by atoms with van der Waals surface area (Å²) in [6.07, 6.45) is 1.42.